The van der Waals surface area contributed by atoms with Gasteiger partial charge in [0.1, 0.15) is 5.82 Å². The lowest BCUT2D eigenvalue weighted by atomic mass is 9.83. The van der Waals surface area contributed by atoms with Crippen LogP contribution in [-0.2, 0) is 6.54 Å². The van der Waals surface area contributed by atoms with Gasteiger partial charge in [-0.1, -0.05) is 6.07 Å². The summed E-state index contributed by atoms with van der Waals surface area (Å²) in [4.78, 5) is 16.5. The molecular formula is C31H39N7O2. The van der Waals surface area contributed by atoms with Gasteiger partial charge in [-0.3, -0.25) is 4.90 Å². The van der Waals surface area contributed by atoms with Crippen molar-refractivity contribution in [3.05, 3.63) is 66.7 Å². The van der Waals surface area contributed by atoms with Crippen LogP contribution in [0.2, 0.25) is 0 Å². The molecule has 0 aromatic carbocycles. The Morgan fingerprint density at radius 1 is 0.925 bits per heavy atom. The number of aromatic nitrogens is 4. The third-order valence-electron chi connectivity index (χ3n) is 8.52. The number of fused-ring (bicyclic) bond motifs is 1. The molecule has 0 unspecified atom stereocenters. The molecule has 4 aromatic heterocycles. The summed E-state index contributed by atoms with van der Waals surface area (Å²) in [5.41, 5.74) is 5.03. The first kappa shape index (κ1) is 26.5. The van der Waals surface area contributed by atoms with Crippen LogP contribution in [0.15, 0.2) is 61.2 Å². The first-order valence-electron chi connectivity index (χ1n) is 14.2. The summed E-state index contributed by atoms with van der Waals surface area (Å²) in [5, 5.41) is 15.0. The van der Waals surface area contributed by atoms with Crippen molar-refractivity contribution in [2.24, 2.45) is 5.92 Å². The van der Waals surface area contributed by atoms with E-state index >= 15 is 0 Å². The van der Waals surface area contributed by atoms with Gasteiger partial charge in [0.05, 0.1) is 36.3 Å². The van der Waals surface area contributed by atoms with Crippen LogP contribution in [0.5, 0.6) is 5.88 Å². The smallest absolute Gasteiger partial charge is 0.212 e. The zero-order chi connectivity index (χ0) is 27.7. The lowest BCUT2D eigenvalue weighted by Crippen LogP contribution is -2.46. The molecule has 0 radical (unpaired) electrons. The summed E-state index contributed by atoms with van der Waals surface area (Å²) in [6.45, 7) is 10.5. The van der Waals surface area contributed by atoms with Gasteiger partial charge in [-0.2, -0.15) is 5.10 Å². The molecule has 2 aliphatic rings. The van der Waals surface area contributed by atoms with Crippen LogP contribution in [0.4, 0.5) is 11.5 Å². The minimum atomic E-state index is -0.628. The largest absolute Gasteiger partial charge is 0.481 e. The number of nitrogens with zero attached hydrogens (tertiary/aromatic N) is 7. The highest BCUT2D eigenvalue weighted by molar-refractivity contribution is 5.82. The number of methoxy groups -OCH3 is 1. The Labute approximate surface area is 236 Å². The van der Waals surface area contributed by atoms with Crippen LogP contribution in [0.1, 0.15) is 32.3 Å². The van der Waals surface area contributed by atoms with E-state index in [1.165, 1.54) is 5.56 Å². The van der Waals surface area contributed by atoms with E-state index in [2.05, 4.69) is 61.3 Å². The van der Waals surface area contributed by atoms with Gasteiger partial charge in [0.15, 0.2) is 0 Å². The number of hydrogen-bond acceptors (Lipinski definition) is 8. The molecule has 0 bridgehead atoms. The molecule has 9 nitrogen and oxygen atoms in total. The van der Waals surface area contributed by atoms with Crippen molar-refractivity contribution >= 4 is 17.0 Å². The van der Waals surface area contributed by atoms with Crippen LogP contribution in [0.25, 0.3) is 16.6 Å². The fourth-order valence-corrected chi connectivity index (χ4v) is 6.01. The Kier molecular flexibility index (Phi) is 7.33. The maximum absolute atomic E-state index is 10.5. The van der Waals surface area contributed by atoms with E-state index in [9.17, 15) is 5.11 Å². The predicted octanol–water partition coefficient (Wildman–Crippen LogP) is 4.11. The van der Waals surface area contributed by atoms with Gasteiger partial charge in [0.25, 0.3) is 0 Å². The van der Waals surface area contributed by atoms with E-state index in [0.717, 1.165) is 86.8 Å². The molecule has 2 aliphatic heterocycles. The molecule has 2 saturated heterocycles. The van der Waals surface area contributed by atoms with Crippen molar-refractivity contribution in [3.8, 4) is 17.0 Å². The average molecular weight is 542 g/mol. The summed E-state index contributed by atoms with van der Waals surface area (Å²) >= 11 is 0. The lowest BCUT2D eigenvalue weighted by Gasteiger charge is -2.38. The van der Waals surface area contributed by atoms with Crippen LogP contribution in [0.3, 0.4) is 0 Å². The van der Waals surface area contributed by atoms with Crippen molar-refractivity contribution in [3.63, 3.8) is 0 Å². The molecule has 0 amide bonds. The topological polar surface area (TPSA) is 82.3 Å². The fourth-order valence-electron chi connectivity index (χ4n) is 6.01. The van der Waals surface area contributed by atoms with Crippen LogP contribution >= 0.6 is 0 Å². The number of pyridine rings is 3. The number of piperazine rings is 1. The number of ether oxygens (including phenoxy) is 1. The molecule has 0 saturated carbocycles. The highest BCUT2D eigenvalue weighted by Gasteiger charge is 2.31. The van der Waals surface area contributed by atoms with E-state index in [1.807, 2.05) is 43.0 Å². The van der Waals surface area contributed by atoms with Crippen molar-refractivity contribution < 1.29 is 9.84 Å². The van der Waals surface area contributed by atoms with Crippen LogP contribution < -0.4 is 14.5 Å². The SMILES string of the molecule is COc1ccc(CN2CCN(c3ccc(-c4cc(N5CCC(C(C)(C)O)CC5)cn5nccc45)cn3)CC2)cn1. The first-order chi connectivity index (χ1) is 19.4. The second kappa shape index (κ2) is 11.1. The van der Waals surface area contributed by atoms with E-state index in [1.54, 1.807) is 7.11 Å². The van der Waals surface area contributed by atoms with Gasteiger partial charge in [-0.15, -0.1) is 0 Å². The van der Waals surface area contributed by atoms with Gasteiger partial charge in [-0.05, 0) is 62.4 Å². The standard InChI is InChI=1S/C31H39N7O2/c1-31(2,39)25-9-12-36(13-10-25)26-18-27(28-8-11-34-38(28)22-26)24-5-6-29(32-20-24)37-16-14-35(15-17-37)21-23-4-7-30(40-3)33-19-23/h4-8,11,18-20,22,25,39H,9-10,12-17,21H2,1-3H3. The Morgan fingerprint density at radius 2 is 1.73 bits per heavy atom. The van der Waals surface area contributed by atoms with Gasteiger partial charge in [0, 0.05) is 75.4 Å². The summed E-state index contributed by atoms with van der Waals surface area (Å²) in [6.07, 6.45) is 9.83. The highest BCUT2D eigenvalue weighted by Crippen LogP contribution is 2.34. The summed E-state index contributed by atoms with van der Waals surface area (Å²) in [5.74, 6) is 1.99. The molecule has 6 heterocycles. The van der Waals surface area contributed by atoms with Crippen molar-refractivity contribution in [1.82, 2.24) is 24.5 Å². The minimum Gasteiger partial charge on any atom is -0.481 e. The third-order valence-corrected chi connectivity index (χ3v) is 8.52. The highest BCUT2D eigenvalue weighted by atomic mass is 16.5. The first-order valence-corrected chi connectivity index (χ1v) is 14.2. The molecule has 0 aliphatic carbocycles. The minimum absolute atomic E-state index is 0.328. The molecule has 210 valence electrons. The molecule has 1 N–H and O–H groups in total. The fraction of sp³-hybridized carbons (Fsp3) is 0.452. The summed E-state index contributed by atoms with van der Waals surface area (Å²) in [6, 6.07) is 12.7. The molecule has 0 spiro atoms. The molecule has 2 fully saturated rings. The number of aliphatic hydroxyl groups is 1. The van der Waals surface area contributed by atoms with E-state index < -0.39 is 5.60 Å². The van der Waals surface area contributed by atoms with Gasteiger partial charge in [-0.25, -0.2) is 14.5 Å². The maximum Gasteiger partial charge on any atom is 0.212 e. The Morgan fingerprint density at radius 3 is 2.38 bits per heavy atom. The number of piperidine rings is 1. The number of rotatable bonds is 7. The second-order valence-corrected chi connectivity index (χ2v) is 11.6. The number of hydrogen-bond donors (Lipinski definition) is 1. The molecule has 4 aromatic rings. The van der Waals surface area contributed by atoms with E-state index in [-0.39, 0.29) is 0 Å². The molecular weight excluding hydrogens is 502 g/mol. The average Bonchev–Trinajstić information content (AvgIpc) is 3.46. The Bertz CT molecular complexity index is 1410. The number of anilines is 2. The van der Waals surface area contributed by atoms with Crippen molar-refractivity contribution in [2.45, 2.75) is 38.8 Å². The normalized spacial score (nSPS) is 17.5. The van der Waals surface area contributed by atoms with Crippen LogP contribution in [-0.4, -0.2) is 81.6 Å². The third kappa shape index (κ3) is 5.62. The molecule has 6 rings (SSSR count). The van der Waals surface area contributed by atoms with Crippen LogP contribution in [0, 0.1) is 5.92 Å². The quantitative estimate of drug-likeness (QED) is 0.374. The van der Waals surface area contributed by atoms with Gasteiger partial charge in [0.2, 0.25) is 5.88 Å². The van der Waals surface area contributed by atoms with Gasteiger partial charge >= 0.3 is 0 Å². The van der Waals surface area contributed by atoms with E-state index in [4.69, 9.17) is 9.72 Å². The Balaban J connectivity index is 1.13. The predicted molar refractivity (Wildman–Crippen MR) is 158 cm³/mol. The monoisotopic (exact) mass is 541 g/mol. The second-order valence-electron chi connectivity index (χ2n) is 11.6. The molecule has 9 heteroatoms. The van der Waals surface area contributed by atoms with Crippen molar-refractivity contribution in [1.29, 1.82) is 0 Å². The van der Waals surface area contributed by atoms with Crippen molar-refractivity contribution in [2.75, 3.05) is 56.2 Å². The maximum atomic E-state index is 10.5. The summed E-state index contributed by atoms with van der Waals surface area (Å²) in [7, 11) is 1.64. The lowest BCUT2D eigenvalue weighted by molar-refractivity contribution is 0.00651. The zero-order valence-electron chi connectivity index (χ0n) is 23.7. The zero-order valence-corrected chi connectivity index (χ0v) is 23.7. The molecule has 40 heavy (non-hydrogen) atoms. The summed E-state index contributed by atoms with van der Waals surface area (Å²) < 4.78 is 7.14. The van der Waals surface area contributed by atoms with Gasteiger partial charge < -0.3 is 19.6 Å². The molecule has 0 atom stereocenters. The van der Waals surface area contributed by atoms with E-state index in [0.29, 0.717) is 11.8 Å². The Hall–Kier alpha value is -3.69.